The summed E-state index contributed by atoms with van der Waals surface area (Å²) >= 11 is 0. The molecule has 4 N–H and O–H groups in total. The molecule has 6 heteroatoms. The number of carbonyl (C=O) groups is 1. The number of nitrogens with two attached hydrogens (primary N) is 1. The Kier molecular flexibility index (Phi) is 9.29. The SMILES string of the molecule is C=C(C)CN=C(N)NC(CCCC)CNC(=O)OC(C)(C)C. The molecule has 0 aromatic rings. The van der Waals surface area contributed by atoms with E-state index in [1.165, 1.54) is 0 Å². The molecule has 0 aromatic carbocycles. The summed E-state index contributed by atoms with van der Waals surface area (Å²) in [6.45, 7) is 14.3. The molecule has 0 spiro atoms. The molecule has 0 bridgehead atoms. The first kappa shape index (κ1) is 20.3. The summed E-state index contributed by atoms with van der Waals surface area (Å²) in [6.07, 6.45) is 2.60. The molecule has 1 unspecified atom stereocenters. The van der Waals surface area contributed by atoms with Crippen LogP contribution in [-0.2, 0) is 4.74 Å². The van der Waals surface area contributed by atoms with Crippen LogP contribution in [0.4, 0.5) is 4.79 Å². The molecule has 0 aromatic heterocycles. The number of amides is 1. The van der Waals surface area contributed by atoms with E-state index in [1.807, 2.05) is 27.7 Å². The van der Waals surface area contributed by atoms with Gasteiger partial charge in [-0.25, -0.2) is 9.79 Å². The average molecular weight is 312 g/mol. The molecule has 0 fully saturated rings. The molecule has 0 aliphatic rings. The van der Waals surface area contributed by atoms with Gasteiger partial charge in [-0.1, -0.05) is 31.9 Å². The van der Waals surface area contributed by atoms with Gasteiger partial charge in [0.2, 0.25) is 0 Å². The Morgan fingerprint density at radius 1 is 1.41 bits per heavy atom. The van der Waals surface area contributed by atoms with Gasteiger partial charge in [0.1, 0.15) is 5.60 Å². The molecule has 0 saturated heterocycles. The minimum absolute atomic E-state index is 0.0290. The van der Waals surface area contributed by atoms with Gasteiger partial charge >= 0.3 is 6.09 Å². The third kappa shape index (κ3) is 12.1. The zero-order valence-electron chi connectivity index (χ0n) is 14.7. The summed E-state index contributed by atoms with van der Waals surface area (Å²) in [5.74, 6) is 0.370. The van der Waals surface area contributed by atoms with E-state index in [0.29, 0.717) is 19.0 Å². The van der Waals surface area contributed by atoms with Crippen molar-refractivity contribution in [2.24, 2.45) is 10.7 Å². The molecular weight excluding hydrogens is 280 g/mol. The zero-order valence-corrected chi connectivity index (χ0v) is 14.7. The highest BCUT2D eigenvalue weighted by Crippen LogP contribution is 2.06. The maximum Gasteiger partial charge on any atom is 0.407 e. The van der Waals surface area contributed by atoms with Crippen LogP contribution in [0.2, 0.25) is 0 Å². The average Bonchev–Trinajstić information content (AvgIpc) is 2.37. The smallest absolute Gasteiger partial charge is 0.407 e. The van der Waals surface area contributed by atoms with Crippen molar-refractivity contribution in [2.75, 3.05) is 13.1 Å². The number of guanidine groups is 1. The molecule has 22 heavy (non-hydrogen) atoms. The molecule has 6 nitrogen and oxygen atoms in total. The molecule has 0 aliphatic heterocycles. The molecular formula is C16H32N4O2. The van der Waals surface area contributed by atoms with E-state index in [4.69, 9.17) is 10.5 Å². The maximum absolute atomic E-state index is 11.7. The number of rotatable bonds is 8. The number of nitrogens with zero attached hydrogens (tertiary/aromatic N) is 1. The van der Waals surface area contributed by atoms with E-state index in [0.717, 1.165) is 24.8 Å². The fourth-order valence-electron chi connectivity index (χ4n) is 1.67. The summed E-state index contributed by atoms with van der Waals surface area (Å²) in [6, 6.07) is 0.0290. The van der Waals surface area contributed by atoms with Gasteiger partial charge in [0.15, 0.2) is 5.96 Å². The summed E-state index contributed by atoms with van der Waals surface area (Å²) in [5.41, 5.74) is 6.30. The first-order valence-electron chi connectivity index (χ1n) is 7.81. The number of carbonyl (C=O) groups excluding carboxylic acids is 1. The van der Waals surface area contributed by atoms with Crippen molar-refractivity contribution >= 4 is 12.1 Å². The van der Waals surface area contributed by atoms with Crippen LogP contribution < -0.4 is 16.4 Å². The lowest BCUT2D eigenvalue weighted by Gasteiger charge is -2.23. The Balaban J connectivity index is 4.42. The van der Waals surface area contributed by atoms with Crippen molar-refractivity contribution in [3.05, 3.63) is 12.2 Å². The van der Waals surface area contributed by atoms with Gasteiger partial charge < -0.3 is 21.1 Å². The van der Waals surface area contributed by atoms with E-state index in [1.54, 1.807) is 0 Å². The number of hydrogen-bond donors (Lipinski definition) is 3. The molecule has 1 atom stereocenters. The Hall–Kier alpha value is -1.72. The summed E-state index contributed by atoms with van der Waals surface area (Å²) < 4.78 is 5.23. The maximum atomic E-state index is 11.7. The number of alkyl carbamates (subject to hydrolysis) is 1. The first-order valence-corrected chi connectivity index (χ1v) is 7.81. The Morgan fingerprint density at radius 2 is 2.05 bits per heavy atom. The predicted molar refractivity (Wildman–Crippen MR) is 92.0 cm³/mol. The molecule has 0 heterocycles. The third-order valence-electron chi connectivity index (χ3n) is 2.67. The van der Waals surface area contributed by atoms with Crippen molar-refractivity contribution in [1.82, 2.24) is 10.6 Å². The molecule has 0 saturated carbocycles. The van der Waals surface area contributed by atoms with E-state index in [9.17, 15) is 4.79 Å². The van der Waals surface area contributed by atoms with Gasteiger partial charge in [-0.05, 0) is 34.1 Å². The highest BCUT2D eigenvalue weighted by atomic mass is 16.6. The van der Waals surface area contributed by atoms with Gasteiger partial charge in [-0.3, -0.25) is 0 Å². The van der Waals surface area contributed by atoms with Crippen LogP contribution in [0.5, 0.6) is 0 Å². The monoisotopic (exact) mass is 312 g/mol. The fourth-order valence-corrected chi connectivity index (χ4v) is 1.67. The second kappa shape index (κ2) is 10.1. The Labute approximate surface area is 134 Å². The summed E-state index contributed by atoms with van der Waals surface area (Å²) in [7, 11) is 0. The fraction of sp³-hybridized carbons (Fsp3) is 0.750. The van der Waals surface area contributed by atoms with Crippen LogP contribution in [0.1, 0.15) is 53.9 Å². The van der Waals surface area contributed by atoms with Crippen LogP contribution in [-0.4, -0.2) is 36.8 Å². The number of nitrogens with one attached hydrogen (secondary N) is 2. The first-order chi connectivity index (χ1) is 10.1. The number of hydrogen-bond acceptors (Lipinski definition) is 3. The van der Waals surface area contributed by atoms with Gasteiger partial charge in [-0.15, -0.1) is 0 Å². The topological polar surface area (TPSA) is 88.7 Å². The second-order valence-corrected chi connectivity index (χ2v) is 6.52. The Morgan fingerprint density at radius 3 is 2.55 bits per heavy atom. The molecule has 128 valence electrons. The van der Waals surface area contributed by atoms with Crippen molar-refractivity contribution in [1.29, 1.82) is 0 Å². The van der Waals surface area contributed by atoms with Gasteiger partial charge in [0.05, 0.1) is 6.54 Å². The third-order valence-corrected chi connectivity index (χ3v) is 2.67. The van der Waals surface area contributed by atoms with E-state index in [-0.39, 0.29) is 6.04 Å². The Bertz CT molecular complexity index is 386. The normalized spacial score (nSPS) is 13.4. The van der Waals surface area contributed by atoms with E-state index < -0.39 is 11.7 Å². The van der Waals surface area contributed by atoms with Crippen LogP contribution in [0.25, 0.3) is 0 Å². The van der Waals surface area contributed by atoms with Crippen molar-refractivity contribution in [3.63, 3.8) is 0 Å². The van der Waals surface area contributed by atoms with Crippen molar-refractivity contribution < 1.29 is 9.53 Å². The molecule has 0 aliphatic carbocycles. The van der Waals surface area contributed by atoms with E-state index >= 15 is 0 Å². The largest absolute Gasteiger partial charge is 0.444 e. The lowest BCUT2D eigenvalue weighted by Crippen LogP contribution is -2.47. The minimum Gasteiger partial charge on any atom is -0.444 e. The number of aliphatic imine (C=N–C) groups is 1. The minimum atomic E-state index is -0.502. The van der Waals surface area contributed by atoms with Gasteiger partial charge in [-0.2, -0.15) is 0 Å². The quantitative estimate of drug-likeness (QED) is 0.365. The van der Waals surface area contributed by atoms with Crippen molar-refractivity contribution in [2.45, 2.75) is 65.5 Å². The zero-order chi connectivity index (χ0) is 17.2. The van der Waals surface area contributed by atoms with Crippen LogP contribution in [0.3, 0.4) is 0 Å². The molecule has 0 rings (SSSR count). The van der Waals surface area contributed by atoms with E-state index in [2.05, 4.69) is 29.1 Å². The number of unbranched alkanes of at least 4 members (excludes halogenated alkanes) is 1. The van der Waals surface area contributed by atoms with Gasteiger partial charge in [0, 0.05) is 12.6 Å². The standard InChI is InChI=1S/C16H32N4O2/c1-7-8-9-13(20-14(17)18-10-12(2)3)11-19-15(21)22-16(4,5)6/h13H,2,7-11H2,1,3-6H3,(H,19,21)(H3,17,18,20). The van der Waals surface area contributed by atoms with Crippen LogP contribution in [0.15, 0.2) is 17.1 Å². The predicted octanol–water partition coefficient (Wildman–Crippen LogP) is 2.55. The molecule has 1 amide bonds. The lowest BCUT2D eigenvalue weighted by molar-refractivity contribution is 0.0523. The highest BCUT2D eigenvalue weighted by molar-refractivity contribution is 5.78. The second-order valence-electron chi connectivity index (χ2n) is 6.52. The van der Waals surface area contributed by atoms with Crippen LogP contribution in [0, 0.1) is 0 Å². The van der Waals surface area contributed by atoms with Gasteiger partial charge in [0.25, 0.3) is 0 Å². The van der Waals surface area contributed by atoms with Crippen LogP contribution >= 0.6 is 0 Å². The number of ether oxygens (including phenoxy) is 1. The summed E-state index contributed by atoms with van der Waals surface area (Å²) in [4.78, 5) is 15.9. The summed E-state index contributed by atoms with van der Waals surface area (Å²) in [5, 5.41) is 5.91. The molecule has 0 radical (unpaired) electrons. The lowest BCUT2D eigenvalue weighted by atomic mass is 10.1. The highest BCUT2D eigenvalue weighted by Gasteiger charge is 2.17. The van der Waals surface area contributed by atoms with Crippen molar-refractivity contribution in [3.8, 4) is 0 Å².